The van der Waals surface area contributed by atoms with Crippen molar-refractivity contribution in [3.8, 4) is 0 Å². The molecule has 0 fully saturated rings. The van der Waals surface area contributed by atoms with Gasteiger partial charge in [-0.3, -0.25) is 4.79 Å². The molecule has 78 valence electrons. The van der Waals surface area contributed by atoms with E-state index in [0.717, 1.165) is 23.7 Å². The van der Waals surface area contributed by atoms with Gasteiger partial charge >= 0.3 is 0 Å². The Morgan fingerprint density at radius 1 is 1.20 bits per heavy atom. The summed E-state index contributed by atoms with van der Waals surface area (Å²) in [6, 6.07) is 8.26. The summed E-state index contributed by atoms with van der Waals surface area (Å²) >= 11 is 3.54. The largest absolute Gasteiger partial charge is 0.299 e. The Morgan fingerprint density at radius 3 is 2.67 bits per heavy atom. The van der Waals surface area contributed by atoms with Crippen LogP contribution in [0.25, 0.3) is 0 Å². The van der Waals surface area contributed by atoms with Crippen LogP contribution in [0.15, 0.2) is 40.4 Å². The van der Waals surface area contributed by atoms with E-state index in [-0.39, 0.29) is 0 Å². The standard InChI is InChI=1S/C13H13BrO/c14-13-4-2-1-3-11(13)9-10-5-7-12(15)8-6-10/h1-5H,6-9H2. The molecule has 0 N–H and O–H groups in total. The maximum absolute atomic E-state index is 11.1. The smallest absolute Gasteiger partial charge is 0.136 e. The molecule has 1 aliphatic rings. The predicted molar refractivity (Wildman–Crippen MR) is 64.8 cm³/mol. The maximum Gasteiger partial charge on any atom is 0.136 e. The molecule has 0 saturated heterocycles. The normalized spacial score (nSPS) is 16.3. The van der Waals surface area contributed by atoms with Gasteiger partial charge in [0.05, 0.1) is 0 Å². The number of halogens is 1. The quantitative estimate of drug-likeness (QED) is 0.745. The third kappa shape index (κ3) is 2.78. The lowest BCUT2D eigenvalue weighted by atomic mass is 9.93. The first-order chi connectivity index (χ1) is 7.25. The van der Waals surface area contributed by atoms with Crippen molar-refractivity contribution in [2.75, 3.05) is 0 Å². The Bertz CT molecular complexity index is 407. The van der Waals surface area contributed by atoms with Crippen LogP contribution in [0.4, 0.5) is 0 Å². The number of allylic oxidation sites excluding steroid dienone is 2. The average molecular weight is 265 g/mol. The SMILES string of the molecule is O=C1CC=C(Cc2ccccc2Br)CC1. The molecule has 2 heteroatoms. The molecule has 1 aromatic rings. The van der Waals surface area contributed by atoms with E-state index in [4.69, 9.17) is 0 Å². The second-order valence-electron chi connectivity index (χ2n) is 3.87. The molecular formula is C13H13BrO. The molecule has 0 radical (unpaired) electrons. The van der Waals surface area contributed by atoms with Crippen molar-refractivity contribution in [3.05, 3.63) is 46.0 Å². The first-order valence-electron chi connectivity index (χ1n) is 5.19. The molecule has 0 heterocycles. The van der Waals surface area contributed by atoms with Crippen LogP contribution in [0.3, 0.4) is 0 Å². The van der Waals surface area contributed by atoms with Crippen LogP contribution < -0.4 is 0 Å². The summed E-state index contributed by atoms with van der Waals surface area (Å²) in [7, 11) is 0. The van der Waals surface area contributed by atoms with E-state index in [9.17, 15) is 4.79 Å². The fourth-order valence-electron chi connectivity index (χ4n) is 1.81. The Hall–Kier alpha value is -0.890. The number of carbonyl (C=O) groups excluding carboxylic acids is 1. The van der Waals surface area contributed by atoms with Crippen molar-refractivity contribution >= 4 is 21.7 Å². The van der Waals surface area contributed by atoms with Gasteiger partial charge in [0.2, 0.25) is 0 Å². The minimum atomic E-state index is 0.367. The number of rotatable bonds is 2. The Labute approximate surface area is 98.3 Å². The number of Topliss-reactive ketones (excluding diaryl/α,β-unsaturated/α-hetero) is 1. The molecule has 0 bridgehead atoms. The van der Waals surface area contributed by atoms with E-state index in [2.05, 4.69) is 40.2 Å². The zero-order chi connectivity index (χ0) is 10.7. The third-order valence-corrected chi connectivity index (χ3v) is 3.49. The summed E-state index contributed by atoms with van der Waals surface area (Å²) in [5.41, 5.74) is 2.69. The second kappa shape index (κ2) is 4.75. The summed E-state index contributed by atoms with van der Waals surface area (Å²) in [4.78, 5) is 11.1. The molecule has 0 atom stereocenters. The molecule has 1 nitrogen and oxygen atoms in total. The zero-order valence-corrected chi connectivity index (χ0v) is 10.1. The van der Waals surface area contributed by atoms with Gasteiger partial charge in [-0.2, -0.15) is 0 Å². The molecule has 0 aliphatic heterocycles. The molecule has 0 amide bonds. The van der Waals surface area contributed by atoms with Crippen LogP contribution in [-0.2, 0) is 11.2 Å². The van der Waals surface area contributed by atoms with E-state index < -0.39 is 0 Å². The summed E-state index contributed by atoms with van der Waals surface area (Å²) in [6.45, 7) is 0. The van der Waals surface area contributed by atoms with Crippen molar-refractivity contribution in [1.82, 2.24) is 0 Å². The first-order valence-corrected chi connectivity index (χ1v) is 5.98. The number of hydrogen-bond donors (Lipinski definition) is 0. The molecule has 2 rings (SSSR count). The molecule has 15 heavy (non-hydrogen) atoms. The number of carbonyl (C=O) groups is 1. The van der Waals surface area contributed by atoms with Crippen molar-refractivity contribution < 1.29 is 4.79 Å². The molecular weight excluding hydrogens is 252 g/mol. The highest BCUT2D eigenvalue weighted by Crippen LogP contribution is 2.23. The van der Waals surface area contributed by atoms with E-state index in [1.807, 2.05) is 6.07 Å². The number of ketones is 1. The summed E-state index contributed by atoms with van der Waals surface area (Å²) in [5, 5.41) is 0. The van der Waals surface area contributed by atoms with Gasteiger partial charge < -0.3 is 0 Å². The van der Waals surface area contributed by atoms with E-state index >= 15 is 0 Å². The Morgan fingerprint density at radius 2 is 2.00 bits per heavy atom. The second-order valence-corrected chi connectivity index (χ2v) is 4.73. The van der Waals surface area contributed by atoms with Crippen molar-refractivity contribution in [3.63, 3.8) is 0 Å². The lowest BCUT2D eigenvalue weighted by molar-refractivity contribution is -0.118. The summed E-state index contributed by atoms with van der Waals surface area (Å²) in [6.07, 6.45) is 5.33. The maximum atomic E-state index is 11.1. The molecule has 0 spiro atoms. The van der Waals surface area contributed by atoms with Gasteiger partial charge in [-0.1, -0.05) is 45.8 Å². The summed E-state index contributed by atoms with van der Waals surface area (Å²) < 4.78 is 1.16. The molecule has 0 aromatic heterocycles. The first kappa shape index (κ1) is 10.6. The highest BCUT2D eigenvalue weighted by molar-refractivity contribution is 9.10. The van der Waals surface area contributed by atoms with Crippen molar-refractivity contribution in [2.24, 2.45) is 0 Å². The van der Waals surface area contributed by atoms with Gasteiger partial charge in [-0.15, -0.1) is 0 Å². The lowest BCUT2D eigenvalue weighted by Crippen LogP contribution is -2.05. The van der Waals surface area contributed by atoms with Crippen molar-refractivity contribution in [2.45, 2.75) is 25.7 Å². The van der Waals surface area contributed by atoms with Crippen LogP contribution in [0, 0.1) is 0 Å². The monoisotopic (exact) mass is 264 g/mol. The minimum absolute atomic E-state index is 0.367. The Balaban J connectivity index is 2.10. The highest BCUT2D eigenvalue weighted by atomic mass is 79.9. The van der Waals surface area contributed by atoms with E-state index in [0.29, 0.717) is 12.2 Å². The minimum Gasteiger partial charge on any atom is -0.299 e. The fraction of sp³-hybridized carbons (Fsp3) is 0.308. The van der Waals surface area contributed by atoms with Gasteiger partial charge in [0.25, 0.3) is 0 Å². The Kier molecular flexibility index (Phi) is 3.37. The fourth-order valence-corrected chi connectivity index (χ4v) is 2.23. The zero-order valence-electron chi connectivity index (χ0n) is 8.50. The number of benzene rings is 1. The van der Waals surface area contributed by atoms with Gasteiger partial charge in [0.1, 0.15) is 5.78 Å². The van der Waals surface area contributed by atoms with Gasteiger partial charge in [0.15, 0.2) is 0 Å². The van der Waals surface area contributed by atoms with E-state index in [1.54, 1.807) is 0 Å². The van der Waals surface area contributed by atoms with Crippen LogP contribution >= 0.6 is 15.9 Å². The van der Waals surface area contributed by atoms with Crippen LogP contribution in [-0.4, -0.2) is 5.78 Å². The summed E-state index contributed by atoms with van der Waals surface area (Å²) in [5.74, 6) is 0.367. The third-order valence-electron chi connectivity index (χ3n) is 2.72. The van der Waals surface area contributed by atoms with E-state index in [1.165, 1.54) is 11.1 Å². The molecule has 1 aromatic carbocycles. The topological polar surface area (TPSA) is 17.1 Å². The van der Waals surface area contributed by atoms with Crippen LogP contribution in [0.5, 0.6) is 0 Å². The molecule has 0 unspecified atom stereocenters. The van der Waals surface area contributed by atoms with Gasteiger partial charge in [0, 0.05) is 17.3 Å². The predicted octanol–water partition coefficient (Wildman–Crippen LogP) is 3.67. The molecule has 1 aliphatic carbocycles. The van der Waals surface area contributed by atoms with Gasteiger partial charge in [-0.05, 0) is 24.5 Å². The number of hydrogen-bond acceptors (Lipinski definition) is 1. The van der Waals surface area contributed by atoms with Crippen LogP contribution in [0.1, 0.15) is 24.8 Å². The van der Waals surface area contributed by atoms with Crippen molar-refractivity contribution in [1.29, 1.82) is 0 Å². The van der Waals surface area contributed by atoms with Crippen LogP contribution in [0.2, 0.25) is 0 Å². The lowest BCUT2D eigenvalue weighted by Gasteiger charge is -2.12. The highest BCUT2D eigenvalue weighted by Gasteiger charge is 2.11. The van der Waals surface area contributed by atoms with Gasteiger partial charge in [-0.25, -0.2) is 0 Å². The molecule has 0 saturated carbocycles. The average Bonchev–Trinajstić information content (AvgIpc) is 2.25.